The third kappa shape index (κ3) is 1.49. The first-order valence-corrected chi connectivity index (χ1v) is 4.93. The molecule has 1 aliphatic rings. The maximum atomic E-state index is 11.3. The van der Waals surface area contributed by atoms with E-state index in [4.69, 9.17) is 5.26 Å². The van der Waals surface area contributed by atoms with Crippen molar-refractivity contribution in [1.29, 1.82) is 5.26 Å². The third-order valence-corrected chi connectivity index (χ3v) is 3.01. The van der Waals surface area contributed by atoms with Gasteiger partial charge in [-0.25, -0.2) is 4.68 Å². The summed E-state index contributed by atoms with van der Waals surface area (Å²) in [5.74, 6) is 0. The quantitative estimate of drug-likeness (QED) is 0.705. The molecule has 0 saturated heterocycles. The minimum absolute atomic E-state index is 0.0565. The lowest BCUT2D eigenvalue weighted by atomic mass is 10.1. The summed E-state index contributed by atoms with van der Waals surface area (Å²) < 4.78 is 1.41. The molecule has 1 aromatic rings. The van der Waals surface area contributed by atoms with E-state index >= 15 is 0 Å². The van der Waals surface area contributed by atoms with Crippen LogP contribution in [-0.2, 0) is 6.54 Å². The first-order chi connectivity index (χ1) is 6.15. The first-order valence-electron chi connectivity index (χ1n) is 4.11. The van der Waals surface area contributed by atoms with Crippen LogP contribution in [0.15, 0.2) is 4.79 Å². The van der Waals surface area contributed by atoms with Crippen LogP contribution in [0.4, 0.5) is 0 Å². The lowest BCUT2D eigenvalue weighted by Crippen LogP contribution is -2.20. The minimum atomic E-state index is -0.287. The molecule has 0 N–H and O–H groups in total. The Hall–Kier alpha value is -1.15. The summed E-state index contributed by atoms with van der Waals surface area (Å²) in [5.41, 5.74) is -0.287. The van der Waals surface area contributed by atoms with Gasteiger partial charge in [-0.05, 0) is 19.8 Å². The molecule has 0 atom stereocenters. The van der Waals surface area contributed by atoms with E-state index in [1.165, 1.54) is 4.68 Å². The standard InChI is InChI=1S/C8H9N3OS/c1-6-10-11(7(12)13-6)5-8(4-9)2-3-8/h2-3,5H2,1H3. The lowest BCUT2D eigenvalue weighted by molar-refractivity contribution is 0.474. The number of nitrogens with zero attached hydrogens (tertiary/aromatic N) is 3. The van der Waals surface area contributed by atoms with Crippen LogP contribution < -0.4 is 4.87 Å². The van der Waals surface area contributed by atoms with Crippen molar-refractivity contribution >= 4 is 11.3 Å². The van der Waals surface area contributed by atoms with Crippen LogP contribution in [0.5, 0.6) is 0 Å². The highest BCUT2D eigenvalue weighted by Gasteiger charge is 2.44. The summed E-state index contributed by atoms with van der Waals surface area (Å²) in [4.78, 5) is 11.2. The van der Waals surface area contributed by atoms with Gasteiger partial charge in [-0.3, -0.25) is 4.79 Å². The van der Waals surface area contributed by atoms with E-state index in [1.807, 2.05) is 0 Å². The van der Waals surface area contributed by atoms with Gasteiger partial charge >= 0.3 is 4.87 Å². The third-order valence-electron chi connectivity index (χ3n) is 2.25. The SMILES string of the molecule is Cc1nn(CC2(C#N)CC2)c(=O)s1. The second-order valence-electron chi connectivity index (χ2n) is 3.44. The lowest BCUT2D eigenvalue weighted by Gasteiger charge is -2.02. The van der Waals surface area contributed by atoms with E-state index in [2.05, 4.69) is 11.2 Å². The van der Waals surface area contributed by atoms with Crippen LogP contribution in [0.25, 0.3) is 0 Å². The summed E-state index contributed by atoms with van der Waals surface area (Å²) in [6.07, 6.45) is 1.79. The number of nitriles is 1. The Bertz CT molecular complexity index is 421. The van der Waals surface area contributed by atoms with Gasteiger partial charge in [0, 0.05) is 0 Å². The van der Waals surface area contributed by atoms with E-state index < -0.39 is 0 Å². The van der Waals surface area contributed by atoms with Gasteiger partial charge in [0.2, 0.25) is 0 Å². The fourth-order valence-corrected chi connectivity index (χ4v) is 1.86. The second kappa shape index (κ2) is 2.67. The fraction of sp³-hybridized carbons (Fsp3) is 0.625. The van der Waals surface area contributed by atoms with Gasteiger partial charge in [-0.15, -0.1) is 0 Å². The van der Waals surface area contributed by atoms with Gasteiger partial charge in [0.05, 0.1) is 18.0 Å². The molecule has 0 unspecified atom stereocenters. The highest BCUT2D eigenvalue weighted by Crippen LogP contribution is 2.45. The second-order valence-corrected chi connectivity index (χ2v) is 4.58. The Labute approximate surface area is 79.4 Å². The Kier molecular flexibility index (Phi) is 1.74. The fourth-order valence-electron chi connectivity index (χ4n) is 1.25. The largest absolute Gasteiger partial charge is 0.325 e. The normalized spacial score (nSPS) is 18.2. The van der Waals surface area contributed by atoms with Crippen molar-refractivity contribution in [3.8, 4) is 6.07 Å². The smallest absolute Gasteiger partial charge is 0.255 e. The molecule has 1 heterocycles. The zero-order valence-corrected chi connectivity index (χ0v) is 8.10. The predicted molar refractivity (Wildman–Crippen MR) is 48.4 cm³/mol. The molecule has 0 amide bonds. The number of aryl methyl sites for hydroxylation is 1. The van der Waals surface area contributed by atoms with Crippen molar-refractivity contribution in [2.75, 3.05) is 0 Å². The molecular formula is C8H9N3OS. The molecule has 4 nitrogen and oxygen atoms in total. The Balaban J connectivity index is 2.24. The molecule has 2 rings (SSSR count). The van der Waals surface area contributed by atoms with Crippen LogP contribution in [0, 0.1) is 23.7 Å². The molecule has 0 aromatic carbocycles. The van der Waals surface area contributed by atoms with Crippen molar-refractivity contribution < 1.29 is 0 Å². The maximum absolute atomic E-state index is 11.3. The molecule has 1 aromatic heterocycles. The molecule has 0 bridgehead atoms. The minimum Gasteiger partial charge on any atom is -0.255 e. The molecule has 1 aliphatic carbocycles. The average molecular weight is 195 g/mol. The molecule has 0 spiro atoms. The van der Waals surface area contributed by atoms with Gasteiger partial charge in [-0.2, -0.15) is 10.4 Å². The highest BCUT2D eigenvalue weighted by atomic mass is 32.1. The molecule has 0 radical (unpaired) electrons. The van der Waals surface area contributed by atoms with E-state index in [0.717, 1.165) is 29.2 Å². The molecular weight excluding hydrogens is 186 g/mol. The van der Waals surface area contributed by atoms with Crippen molar-refractivity contribution in [2.45, 2.75) is 26.3 Å². The summed E-state index contributed by atoms with van der Waals surface area (Å²) in [5, 5.41) is 13.6. The summed E-state index contributed by atoms with van der Waals surface area (Å²) in [7, 11) is 0. The van der Waals surface area contributed by atoms with Crippen LogP contribution in [-0.4, -0.2) is 9.78 Å². The topological polar surface area (TPSA) is 58.7 Å². The Morgan fingerprint density at radius 2 is 2.46 bits per heavy atom. The van der Waals surface area contributed by atoms with Gasteiger partial charge in [-0.1, -0.05) is 11.3 Å². The van der Waals surface area contributed by atoms with E-state index in [-0.39, 0.29) is 10.3 Å². The van der Waals surface area contributed by atoms with Gasteiger partial charge in [0.15, 0.2) is 0 Å². The van der Waals surface area contributed by atoms with Crippen LogP contribution in [0.1, 0.15) is 17.8 Å². The molecule has 1 fully saturated rings. The summed E-state index contributed by atoms with van der Waals surface area (Å²) >= 11 is 1.14. The number of rotatable bonds is 2. The highest BCUT2D eigenvalue weighted by molar-refractivity contribution is 7.08. The molecule has 13 heavy (non-hydrogen) atoms. The molecule has 68 valence electrons. The monoisotopic (exact) mass is 195 g/mol. The van der Waals surface area contributed by atoms with Gasteiger partial charge < -0.3 is 0 Å². The predicted octanol–water partition coefficient (Wildman–Crippen LogP) is 0.917. The molecule has 0 aliphatic heterocycles. The zero-order chi connectivity index (χ0) is 9.47. The maximum Gasteiger partial charge on any atom is 0.325 e. The van der Waals surface area contributed by atoms with E-state index in [0.29, 0.717) is 6.54 Å². The van der Waals surface area contributed by atoms with Crippen molar-refractivity contribution in [3.05, 3.63) is 14.7 Å². The zero-order valence-electron chi connectivity index (χ0n) is 7.28. The van der Waals surface area contributed by atoms with Gasteiger partial charge in [0.25, 0.3) is 0 Å². The number of hydrogen-bond acceptors (Lipinski definition) is 4. The molecule has 1 saturated carbocycles. The summed E-state index contributed by atoms with van der Waals surface area (Å²) in [6.45, 7) is 2.27. The number of aromatic nitrogens is 2. The van der Waals surface area contributed by atoms with Gasteiger partial charge in [0.1, 0.15) is 5.01 Å². The van der Waals surface area contributed by atoms with Crippen molar-refractivity contribution in [2.24, 2.45) is 5.41 Å². The summed E-state index contributed by atoms with van der Waals surface area (Å²) in [6, 6.07) is 2.24. The van der Waals surface area contributed by atoms with Crippen molar-refractivity contribution in [1.82, 2.24) is 9.78 Å². The van der Waals surface area contributed by atoms with Crippen LogP contribution >= 0.6 is 11.3 Å². The number of hydrogen-bond donors (Lipinski definition) is 0. The van der Waals surface area contributed by atoms with Crippen LogP contribution in [0.2, 0.25) is 0 Å². The van der Waals surface area contributed by atoms with Crippen molar-refractivity contribution in [3.63, 3.8) is 0 Å². The van der Waals surface area contributed by atoms with Crippen LogP contribution in [0.3, 0.4) is 0 Å². The van der Waals surface area contributed by atoms with E-state index in [1.54, 1.807) is 6.92 Å². The molecule has 5 heteroatoms. The van der Waals surface area contributed by atoms with E-state index in [9.17, 15) is 4.79 Å². The average Bonchev–Trinajstić information content (AvgIpc) is 2.77. The first kappa shape index (κ1) is 8.45. The Morgan fingerprint density at radius 3 is 2.85 bits per heavy atom. The Morgan fingerprint density at radius 1 is 1.77 bits per heavy atom.